The van der Waals surface area contributed by atoms with Crippen molar-refractivity contribution in [2.45, 2.75) is 19.4 Å². The number of hydrogen-bond acceptors (Lipinski definition) is 3. The molecule has 3 aromatic rings. The second kappa shape index (κ2) is 7.36. The summed E-state index contributed by atoms with van der Waals surface area (Å²) in [5.41, 5.74) is 1.08. The van der Waals surface area contributed by atoms with Crippen molar-refractivity contribution in [2.75, 3.05) is 0 Å². The molecular weight excluding hydrogens is 336 g/mol. The fraction of sp³-hybridized carbons (Fsp3) is 0.158. The molecule has 2 N–H and O–H groups in total. The number of nitrogens with zero attached hydrogens (tertiary/aromatic N) is 1. The van der Waals surface area contributed by atoms with E-state index in [2.05, 4.69) is 4.98 Å². The van der Waals surface area contributed by atoms with Crippen LogP contribution in [0.15, 0.2) is 60.8 Å². The molecule has 2 aromatic carbocycles. The summed E-state index contributed by atoms with van der Waals surface area (Å²) in [5, 5.41) is 9.41. The van der Waals surface area contributed by atoms with E-state index in [9.17, 15) is 9.90 Å². The van der Waals surface area contributed by atoms with Crippen molar-refractivity contribution in [3.63, 3.8) is 0 Å². The predicted octanol–water partition coefficient (Wildman–Crippen LogP) is 5.04. The van der Waals surface area contributed by atoms with Gasteiger partial charge in [0.25, 0.3) is 0 Å². The van der Waals surface area contributed by atoms with E-state index in [1.165, 1.54) is 6.20 Å². The first-order chi connectivity index (χ1) is 12.1. The number of carbonyl (C=O) groups is 1. The number of imidazole rings is 1. The number of nitrogens with one attached hydrogen (secondary N) is 1. The van der Waals surface area contributed by atoms with Crippen LogP contribution in [0.4, 0.5) is 0 Å². The molecule has 0 saturated carbocycles. The first-order valence-corrected chi connectivity index (χ1v) is 8.37. The molecule has 25 heavy (non-hydrogen) atoms. The van der Waals surface area contributed by atoms with Crippen molar-refractivity contribution in [1.29, 1.82) is 0 Å². The molecule has 1 unspecified atom stereocenters. The second-order valence-corrected chi connectivity index (χ2v) is 5.95. The maximum absolute atomic E-state index is 11.5. The fourth-order valence-electron chi connectivity index (χ4n) is 2.83. The minimum atomic E-state index is -1.01. The van der Waals surface area contributed by atoms with Gasteiger partial charge in [-0.3, -0.25) is 0 Å². The van der Waals surface area contributed by atoms with Gasteiger partial charge < -0.3 is 19.4 Å². The molecule has 0 aliphatic rings. The molecule has 1 heterocycles. The molecular formula is C19H18N2O3S. The van der Waals surface area contributed by atoms with Gasteiger partial charge in [-0.1, -0.05) is 37.3 Å². The van der Waals surface area contributed by atoms with Gasteiger partial charge in [0, 0.05) is 6.20 Å². The summed E-state index contributed by atoms with van der Waals surface area (Å²) >= 11 is 5.29. The van der Waals surface area contributed by atoms with Crippen LogP contribution in [-0.4, -0.2) is 20.6 Å². The smallest absolute Gasteiger partial charge is 0.354 e. The van der Waals surface area contributed by atoms with E-state index in [1.807, 2.05) is 61.5 Å². The lowest BCUT2D eigenvalue weighted by atomic mass is 10.0. The van der Waals surface area contributed by atoms with E-state index >= 15 is 0 Å². The van der Waals surface area contributed by atoms with Gasteiger partial charge in [-0.25, -0.2) is 4.79 Å². The number of aromatic amines is 1. The van der Waals surface area contributed by atoms with Crippen LogP contribution in [0.5, 0.6) is 11.5 Å². The van der Waals surface area contributed by atoms with Crippen LogP contribution in [0.25, 0.3) is 0 Å². The Balaban J connectivity index is 1.97. The Hall–Kier alpha value is -2.86. The van der Waals surface area contributed by atoms with Gasteiger partial charge in [0.05, 0.1) is 6.04 Å². The summed E-state index contributed by atoms with van der Waals surface area (Å²) in [5.74, 6) is 0.431. The zero-order valence-electron chi connectivity index (χ0n) is 13.7. The summed E-state index contributed by atoms with van der Waals surface area (Å²) in [6.45, 7) is 2.00. The highest BCUT2D eigenvalue weighted by Gasteiger charge is 2.20. The summed E-state index contributed by atoms with van der Waals surface area (Å²) in [6, 6.07) is 17.0. The Morgan fingerprint density at radius 2 is 1.92 bits per heavy atom. The Morgan fingerprint density at radius 1 is 1.20 bits per heavy atom. The molecule has 1 aromatic heterocycles. The van der Waals surface area contributed by atoms with Crippen molar-refractivity contribution >= 4 is 18.2 Å². The van der Waals surface area contributed by atoms with Gasteiger partial charge in [0.2, 0.25) is 0 Å². The first-order valence-electron chi connectivity index (χ1n) is 7.96. The predicted molar refractivity (Wildman–Crippen MR) is 98.0 cm³/mol. The third-order valence-electron chi connectivity index (χ3n) is 3.95. The van der Waals surface area contributed by atoms with Crippen LogP contribution >= 0.6 is 12.2 Å². The molecule has 6 heteroatoms. The van der Waals surface area contributed by atoms with Gasteiger partial charge in [-0.2, -0.15) is 0 Å². The highest BCUT2D eigenvalue weighted by Crippen LogP contribution is 2.29. The molecule has 0 aliphatic carbocycles. The lowest BCUT2D eigenvalue weighted by Gasteiger charge is -2.19. The maximum Gasteiger partial charge on any atom is 0.354 e. The molecule has 0 saturated heterocycles. The van der Waals surface area contributed by atoms with Gasteiger partial charge in [-0.05, 0) is 48.5 Å². The third-order valence-corrected chi connectivity index (χ3v) is 4.26. The number of carboxylic acids is 1. The third kappa shape index (κ3) is 3.64. The van der Waals surface area contributed by atoms with Crippen LogP contribution < -0.4 is 4.74 Å². The normalized spacial score (nSPS) is 11.9. The van der Waals surface area contributed by atoms with Crippen molar-refractivity contribution in [3.05, 3.63) is 76.8 Å². The summed E-state index contributed by atoms with van der Waals surface area (Å²) in [6.07, 6.45) is 2.12. The molecule has 0 radical (unpaired) electrons. The molecule has 0 aliphatic heterocycles. The van der Waals surface area contributed by atoms with E-state index in [0.29, 0.717) is 16.9 Å². The number of carboxylic acid groups (broad SMARTS) is 1. The zero-order valence-corrected chi connectivity index (χ0v) is 14.5. The van der Waals surface area contributed by atoms with E-state index in [1.54, 1.807) is 4.57 Å². The SMILES string of the molecule is CCC(c1cccc(Oc2ccccc2)c1)n1c(C(=O)O)c[nH]c1=S. The van der Waals surface area contributed by atoms with Gasteiger partial charge >= 0.3 is 5.97 Å². The molecule has 0 bridgehead atoms. The molecule has 128 valence electrons. The van der Waals surface area contributed by atoms with E-state index < -0.39 is 5.97 Å². The standard InChI is InChI=1S/C19H18N2O3S/c1-2-16(21-17(18(22)23)12-20-19(21)25)13-7-6-10-15(11-13)24-14-8-4-3-5-9-14/h3-12,16H,2H2,1H3,(H,20,25)(H,22,23). The molecule has 0 amide bonds. The number of benzene rings is 2. The Kier molecular flexibility index (Phi) is 5.00. The van der Waals surface area contributed by atoms with E-state index in [4.69, 9.17) is 17.0 Å². The summed E-state index contributed by atoms with van der Waals surface area (Å²) in [7, 11) is 0. The Morgan fingerprint density at radius 3 is 2.60 bits per heavy atom. The van der Waals surface area contributed by atoms with Gasteiger partial charge in [-0.15, -0.1) is 0 Å². The number of aromatic nitrogens is 2. The monoisotopic (exact) mass is 354 g/mol. The van der Waals surface area contributed by atoms with Crippen LogP contribution in [-0.2, 0) is 0 Å². The van der Waals surface area contributed by atoms with Crippen LogP contribution in [0, 0.1) is 4.77 Å². The van der Waals surface area contributed by atoms with Crippen LogP contribution in [0.3, 0.4) is 0 Å². The Labute approximate surface area is 150 Å². The molecule has 3 rings (SSSR count). The van der Waals surface area contributed by atoms with E-state index in [-0.39, 0.29) is 11.7 Å². The number of para-hydroxylation sites is 1. The number of aromatic carboxylic acids is 1. The number of rotatable bonds is 6. The second-order valence-electron chi connectivity index (χ2n) is 5.57. The molecule has 1 atom stereocenters. The van der Waals surface area contributed by atoms with Crippen molar-refractivity contribution in [2.24, 2.45) is 0 Å². The molecule has 0 spiro atoms. The largest absolute Gasteiger partial charge is 0.477 e. The van der Waals surface area contributed by atoms with E-state index in [0.717, 1.165) is 11.3 Å². The average Bonchev–Trinajstić information content (AvgIpc) is 2.99. The summed E-state index contributed by atoms with van der Waals surface area (Å²) < 4.78 is 7.91. The minimum Gasteiger partial charge on any atom is -0.477 e. The number of hydrogen-bond donors (Lipinski definition) is 2. The summed E-state index contributed by atoms with van der Waals surface area (Å²) in [4.78, 5) is 14.3. The maximum atomic E-state index is 11.5. The zero-order chi connectivity index (χ0) is 17.8. The van der Waals surface area contributed by atoms with Crippen LogP contribution in [0.2, 0.25) is 0 Å². The quantitative estimate of drug-likeness (QED) is 0.609. The van der Waals surface area contributed by atoms with Gasteiger partial charge in [0.15, 0.2) is 4.77 Å². The molecule has 5 nitrogen and oxygen atoms in total. The highest BCUT2D eigenvalue weighted by molar-refractivity contribution is 7.71. The highest BCUT2D eigenvalue weighted by atomic mass is 32.1. The van der Waals surface area contributed by atoms with Crippen LogP contribution in [0.1, 0.15) is 35.4 Å². The van der Waals surface area contributed by atoms with Gasteiger partial charge in [0.1, 0.15) is 17.2 Å². The fourth-order valence-corrected chi connectivity index (χ4v) is 3.11. The van der Waals surface area contributed by atoms with Crippen molar-refractivity contribution < 1.29 is 14.6 Å². The van der Waals surface area contributed by atoms with Crippen molar-refractivity contribution in [3.8, 4) is 11.5 Å². The lowest BCUT2D eigenvalue weighted by Crippen LogP contribution is -2.16. The molecule has 0 fully saturated rings. The Bertz CT molecular complexity index is 931. The number of ether oxygens (including phenoxy) is 1. The van der Waals surface area contributed by atoms with Crippen molar-refractivity contribution in [1.82, 2.24) is 9.55 Å². The average molecular weight is 354 g/mol. The topological polar surface area (TPSA) is 67.2 Å². The minimum absolute atomic E-state index is 0.145. The lowest BCUT2D eigenvalue weighted by molar-refractivity contribution is 0.0683. The first kappa shape index (κ1) is 17.0. The number of H-pyrrole nitrogens is 1.